The normalized spacial score (nSPS) is 22.2. The molecule has 70 valence electrons. The summed E-state index contributed by atoms with van der Waals surface area (Å²) in [6.07, 6.45) is 2.34. The number of hydrogen-bond donors (Lipinski definition) is 1. The highest BCUT2D eigenvalue weighted by atomic mass is 35.5. The molecule has 0 spiro atoms. The third-order valence-corrected chi connectivity index (χ3v) is 2.89. The van der Waals surface area contributed by atoms with Gasteiger partial charge in [0.2, 0.25) is 0 Å². The van der Waals surface area contributed by atoms with Crippen LogP contribution in [-0.2, 0) is 13.0 Å². The average Bonchev–Trinajstić information content (AvgIpc) is 2.29. The van der Waals surface area contributed by atoms with Crippen LogP contribution in [0.25, 0.3) is 0 Å². The molecule has 1 aliphatic heterocycles. The van der Waals surface area contributed by atoms with E-state index in [-0.39, 0.29) is 0 Å². The Kier molecular flexibility index (Phi) is 2.56. The quantitative estimate of drug-likeness (QED) is 0.672. The summed E-state index contributed by atoms with van der Waals surface area (Å²) in [4.78, 5) is 0. The predicted molar refractivity (Wildman–Crippen MR) is 56.1 cm³/mol. The van der Waals surface area contributed by atoms with Crippen molar-refractivity contribution in [2.75, 3.05) is 0 Å². The third kappa shape index (κ3) is 2.04. The molecule has 1 N–H and O–H groups in total. The summed E-state index contributed by atoms with van der Waals surface area (Å²) < 4.78 is 0. The maximum Gasteiger partial charge on any atom is 0.0408 e. The van der Waals surface area contributed by atoms with Gasteiger partial charge in [0.15, 0.2) is 0 Å². The number of halogens is 1. The van der Waals surface area contributed by atoms with Crippen LogP contribution in [0.15, 0.2) is 18.2 Å². The van der Waals surface area contributed by atoms with Gasteiger partial charge in [0.05, 0.1) is 0 Å². The van der Waals surface area contributed by atoms with E-state index in [9.17, 15) is 0 Å². The number of rotatable bonds is 0. The fourth-order valence-electron chi connectivity index (χ4n) is 1.76. The van der Waals surface area contributed by atoms with Gasteiger partial charge < -0.3 is 5.32 Å². The van der Waals surface area contributed by atoms with Crippen LogP contribution in [0, 0.1) is 0 Å². The number of aryl methyl sites for hydroxylation is 1. The zero-order valence-corrected chi connectivity index (χ0v) is 8.56. The van der Waals surface area contributed by atoms with Crippen molar-refractivity contribution in [3.63, 3.8) is 0 Å². The summed E-state index contributed by atoms with van der Waals surface area (Å²) >= 11 is 5.95. The fourth-order valence-corrected chi connectivity index (χ4v) is 1.95. The Balaban J connectivity index is 2.30. The molecule has 2 rings (SSSR count). The molecule has 0 radical (unpaired) electrons. The van der Waals surface area contributed by atoms with Crippen LogP contribution < -0.4 is 5.32 Å². The van der Waals surface area contributed by atoms with Crippen LogP contribution in [-0.4, -0.2) is 6.04 Å². The lowest BCUT2D eigenvalue weighted by Crippen LogP contribution is -2.23. The summed E-state index contributed by atoms with van der Waals surface area (Å²) in [5.74, 6) is 0. The summed E-state index contributed by atoms with van der Waals surface area (Å²) in [6.45, 7) is 3.21. The molecule has 1 aromatic rings. The molecule has 0 saturated carbocycles. The minimum atomic E-state index is 0.617. The van der Waals surface area contributed by atoms with Crippen molar-refractivity contribution in [3.05, 3.63) is 34.3 Å². The van der Waals surface area contributed by atoms with E-state index in [0.29, 0.717) is 6.04 Å². The van der Waals surface area contributed by atoms with E-state index in [2.05, 4.69) is 24.4 Å². The Morgan fingerprint density at radius 1 is 1.38 bits per heavy atom. The fraction of sp³-hybridized carbons (Fsp3) is 0.455. The first-order valence-electron chi connectivity index (χ1n) is 4.76. The molecule has 1 aromatic carbocycles. The van der Waals surface area contributed by atoms with Crippen LogP contribution in [0.2, 0.25) is 5.02 Å². The monoisotopic (exact) mass is 195 g/mol. The van der Waals surface area contributed by atoms with Gasteiger partial charge in [-0.05, 0) is 43.0 Å². The van der Waals surface area contributed by atoms with Crippen LogP contribution >= 0.6 is 11.6 Å². The van der Waals surface area contributed by atoms with Crippen LogP contribution in [0.1, 0.15) is 24.5 Å². The number of fused-ring (bicyclic) bond motifs is 1. The van der Waals surface area contributed by atoms with Gasteiger partial charge in [-0.2, -0.15) is 0 Å². The lowest BCUT2D eigenvalue weighted by Gasteiger charge is -2.07. The van der Waals surface area contributed by atoms with Gasteiger partial charge in [-0.3, -0.25) is 0 Å². The average molecular weight is 196 g/mol. The molecule has 13 heavy (non-hydrogen) atoms. The largest absolute Gasteiger partial charge is 0.310 e. The van der Waals surface area contributed by atoms with E-state index in [1.54, 1.807) is 0 Å². The van der Waals surface area contributed by atoms with E-state index in [1.807, 2.05) is 6.07 Å². The van der Waals surface area contributed by atoms with Crippen LogP contribution in [0.4, 0.5) is 0 Å². The van der Waals surface area contributed by atoms with Gasteiger partial charge in [0.1, 0.15) is 0 Å². The first kappa shape index (κ1) is 9.04. The highest BCUT2D eigenvalue weighted by Crippen LogP contribution is 2.20. The second-order valence-corrected chi connectivity index (χ2v) is 4.17. The molecular weight excluding hydrogens is 182 g/mol. The maximum atomic E-state index is 5.95. The van der Waals surface area contributed by atoms with Gasteiger partial charge >= 0.3 is 0 Å². The van der Waals surface area contributed by atoms with E-state index >= 15 is 0 Å². The van der Waals surface area contributed by atoms with E-state index < -0.39 is 0 Å². The number of hydrogen-bond acceptors (Lipinski definition) is 1. The molecule has 1 aliphatic rings. The highest BCUT2D eigenvalue weighted by Gasteiger charge is 2.11. The summed E-state index contributed by atoms with van der Waals surface area (Å²) in [6, 6.07) is 6.81. The predicted octanol–water partition coefficient (Wildman–Crippen LogP) is 2.76. The third-order valence-electron chi connectivity index (χ3n) is 2.66. The lowest BCUT2D eigenvalue weighted by molar-refractivity contribution is 0.534. The number of benzene rings is 1. The van der Waals surface area contributed by atoms with Gasteiger partial charge in [0.25, 0.3) is 0 Å². The zero-order chi connectivity index (χ0) is 9.26. The van der Waals surface area contributed by atoms with Crippen molar-refractivity contribution in [1.29, 1.82) is 0 Å². The van der Waals surface area contributed by atoms with Crippen molar-refractivity contribution in [3.8, 4) is 0 Å². The van der Waals surface area contributed by atoms with Crippen molar-refractivity contribution >= 4 is 11.6 Å². The molecule has 0 amide bonds. The van der Waals surface area contributed by atoms with E-state index in [1.165, 1.54) is 17.5 Å². The van der Waals surface area contributed by atoms with Crippen LogP contribution in [0.3, 0.4) is 0 Å². The molecule has 0 saturated heterocycles. The first-order chi connectivity index (χ1) is 6.25. The van der Waals surface area contributed by atoms with Gasteiger partial charge in [-0.25, -0.2) is 0 Å². The Labute approximate surface area is 84.1 Å². The molecule has 0 aliphatic carbocycles. The minimum Gasteiger partial charge on any atom is -0.310 e. The standard InChI is InChI=1S/C11H14ClN/c1-8-2-3-9-6-11(12)5-4-10(9)7-13-8/h4-6,8,13H,2-3,7H2,1H3. The smallest absolute Gasteiger partial charge is 0.0408 e. The second kappa shape index (κ2) is 3.69. The second-order valence-electron chi connectivity index (χ2n) is 3.73. The Morgan fingerprint density at radius 2 is 2.23 bits per heavy atom. The SMILES string of the molecule is CC1CCc2cc(Cl)ccc2CN1. The molecule has 2 heteroatoms. The van der Waals surface area contributed by atoms with Gasteiger partial charge in [-0.1, -0.05) is 17.7 Å². The van der Waals surface area contributed by atoms with Crippen LogP contribution in [0.5, 0.6) is 0 Å². The first-order valence-corrected chi connectivity index (χ1v) is 5.14. The Morgan fingerprint density at radius 3 is 3.08 bits per heavy atom. The Bertz CT molecular complexity index is 309. The van der Waals surface area contributed by atoms with Gasteiger partial charge in [-0.15, -0.1) is 0 Å². The summed E-state index contributed by atoms with van der Waals surface area (Å²) in [5, 5.41) is 4.33. The Hall–Kier alpha value is -0.530. The summed E-state index contributed by atoms with van der Waals surface area (Å²) in [7, 11) is 0. The molecule has 0 bridgehead atoms. The minimum absolute atomic E-state index is 0.617. The molecule has 0 aromatic heterocycles. The lowest BCUT2D eigenvalue weighted by atomic mass is 10.0. The van der Waals surface area contributed by atoms with Crippen molar-refractivity contribution in [2.45, 2.75) is 32.4 Å². The highest BCUT2D eigenvalue weighted by molar-refractivity contribution is 6.30. The topological polar surface area (TPSA) is 12.0 Å². The van der Waals surface area contributed by atoms with Crippen molar-refractivity contribution in [2.24, 2.45) is 0 Å². The molecule has 1 heterocycles. The molecule has 1 atom stereocenters. The number of nitrogens with one attached hydrogen (secondary N) is 1. The van der Waals surface area contributed by atoms with Crippen molar-refractivity contribution < 1.29 is 0 Å². The molecule has 0 fully saturated rings. The van der Waals surface area contributed by atoms with E-state index in [0.717, 1.165) is 18.0 Å². The molecule has 1 unspecified atom stereocenters. The summed E-state index contributed by atoms with van der Waals surface area (Å²) in [5.41, 5.74) is 2.80. The zero-order valence-electron chi connectivity index (χ0n) is 7.81. The van der Waals surface area contributed by atoms with E-state index in [4.69, 9.17) is 11.6 Å². The molecule has 1 nitrogen and oxygen atoms in total. The molecular formula is C11H14ClN. The van der Waals surface area contributed by atoms with Gasteiger partial charge in [0, 0.05) is 17.6 Å². The van der Waals surface area contributed by atoms with Crippen molar-refractivity contribution in [1.82, 2.24) is 5.32 Å². The maximum absolute atomic E-state index is 5.95.